The summed E-state index contributed by atoms with van der Waals surface area (Å²) < 4.78 is 0. The molecule has 0 aromatic heterocycles. The molecule has 1 unspecified atom stereocenters. The van der Waals surface area contributed by atoms with Crippen molar-refractivity contribution in [3.8, 4) is 0 Å². The van der Waals surface area contributed by atoms with Gasteiger partial charge in [-0.1, -0.05) is 51.9 Å². The largest absolute Gasteiger partial charge is 0.359 e. The van der Waals surface area contributed by atoms with Crippen LogP contribution in [0, 0.1) is 11.8 Å². The molecule has 0 saturated heterocycles. The molecule has 0 aliphatic heterocycles. The SMILES string of the molecule is CC(CCCCNC=O)C1CCCCC1. The van der Waals surface area contributed by atoms with E-state index in [1.807, 2.05) is 0 Å². The maximum absolute atomic E-state index is 10.0. The van der Waals surface area contributed by atoms with Crippen LogP contribution in [-0.4, -0.2) is 13.0 Å². The zero-order valence-electron chi connectivity index (χ0n) is 10.0. The third-order valence-corrected chi connectivity index (χ3v) is 3.77. The van der Waals surface area contributed by atoms with Crippen molar-refractivity contribution in [3.05, 3.63) is 0 Å². The summed E-state index contributed by atoms with van der Waals surface area (Å²) in [6.45, 7) is 3.25. The summed E-state index contributed by atoms with van der Waals surface area (Å²) in [6, 6.07) is 0. The smallest absolute Gasteiger partial charge is 0.207 e. The highest BCUT2D eigenvalue weighted by Gasteiger charge is 2.19. The van der Waals surface area contributed by atoms with Crippen molar-refractivity contribution >= 4 is 6.41 Å². The number of amides is 1. The first-order valence-corrected chi connectivity index (χ1v) is 6.51. The van der Waals surface area contributed by atoms with Gasteiger partial charge in [-0.2, -0.15) is 0 Å². The Hall–Kier alpha value is -0.530. The van der Waals surface area contributed by atoms with E-state index in [1.165, 1.54) is 44.9 Å². The molecule has 1 atom stereocenters. The van der Waals surface area contributed by atoms with E-state index >= 15 is 0 Å². The van der Waals surface area contributed by atoms with Crippen LogP contribution in [0.5, 0.6) is 0 Å². The van der Waals surface area contributed by atoms with Gasteiger partial charge in [-0.15, -0.1) is 0 Å². The van der Waals surface area contributed by atoms with Crippen LogP contribution in [0.4, 0.5) is 0 Å². The molecule has 0 aromatic rings. The molecule has 88 valence electrons. The first-order chi connectivity index (χ1) is 7.34. The van der Waals surface area contributed by atoms with Gasteiger partial charge in [0.2, 0.25) is 6.41 Å². The zero-order chi connectivity index (χ0) is 10.9. The molecule has 1 aliphatic rings. The van der Waals surface area contributed by atoms with E-state index < -0.39 is 0 Å². The number of rotatable bonds is 7. The molecule has 1 fully saturated rings. The van der Waals surface area contributed by atoms with Crippen molar-refractivity contribution in [1.82, 2.24) is 5.32 Å². The lowest BCUT2D eigenvalue weighted by atomic mass is 9.79. The number of hydrogen-bond donors (Lipinski definition) is 1. The average molecular weight is 211 g/mol. The van der Waals surface area contributed by atoms with Gasteiger partial charge in [0.1, 0.15) is 0 Å². The third kappa shape index (κ3) is 5.19. The van der Waals surface area contributed by atoms with E-state index in [0.29, 0.717) is 0 Å². The molecule has 2 heteroatoms. The summed E-state index contributed by atoms with van der Waals surface area (Å²) in [6.07, 6.45) is 11.8. The highest BCUT2D eigenvalue weighted by atomic mass is 16.1. The van der Waals surface area contributed by atoms with Gasteiger partial charge >= 0.3 is 0 Å². The predicted molar refractivity (Wildman–Crippen MR) is 63.7 cm³/mol. The molecule has 0 bridgehead atoms. The van der Waals surface area contributed by atoms with Gasteiger partial charge in [-0.3, -0.25) is 4.79 Å². The summed E-state index contributed by atoms with van der Waals surface area (Å²) in [5.74, 6) is 1.87. The standard InChI is InChI=1S/C13H25NO/c1-12(7-5-6-10-14-11-15)13-8-3-2-4-9-13/h11-13H,2-10H2,1H3,(H,14,15). The van der Waals surface area contributed by atoms with Crippen LogP contribution in [0.25, 0.3) is 0 Å². The molecule has 1 rings (SSSR count). The number of carbonyl (C=O) groups is 1. The number of unbranched alkanes of at least 4 members (excludes halogenated alkanes) is 1. The van der Waals surface area contributed by atoms with Crippen LogP contribution < -0.4 is 5.32 Å². The minimum absolute atomic E-state index is 0.796. The minimum atomic E-state index is 0.796. The molecule has 1 saturated carbocycles. The highest BCUT2D eigenvalue weighted by molar-refractivity contribution is 5.45. The molecule has 1 N–H and O–H groups in total. The van der Waals surface area contributed by atoms with Crippen molar-refractivity contribution in [1.29, 1.82) is 0 Å². The lowest BCUT2D eigenvalue weighted by Gasteiger charge is -2.27. The fourth-order valence-electron chi connectivity index (χ4n) is 2.69. The van der Waals surface area contributed by atoms with E-state index in [4.69, 9.17) is 0 Å². The molecule has 0 heterocycles. The fraction of sp³-hybridized carbons (Fsp3) is 0.923. The van der Waals surface area contributed by atoms with Crippen LogP contribution in [0.3, 0.4) is 0 Å². The zero-order valence-corrected chi connectivity index (χ0v) is 10.0. The molecule has 2 nitrogen and oxygen atoms in total. The Bertz CT molecular complexity index is 164. The van der Waals surface area contributed by atoms with Gasteiger partial charge in [0.15, 0.2) is 0 Å². The average Bonchev–Trinajstić information content (AvgIpc) is 2.30. The van der Waals surface area contributed by atoms with Gasteiger partial charge in [-0.05, 0) is 18.3 Å². The number of hydrogen-bond acceptors (Lipinski definition) is 1. The second-order valence-electron chi connectivity index (χ2n) is 4.94. The summed E-state index contributed by atoms with van der Waals surface area (Å²) in [4.78, 5) is 10.0. The fourth-order valence-corrected chi connectivity index (χ4v) is 2.69. The predicted octanol–water partition coefficient (Wildman–Crippen LogP) is 3.12. The topological polar surface area (TPSA) is 29.1 Å². The normalized spacial score (nSPS) is 19.8. The Morgan fingerprint density at radius 2 is 2.00 bits per heavy atom. The summed E-state index contributed by atoms with van der Waals surface area (Å²) >= 11 is 0. The number of carbonyl (C=O) groups excluding carboxylic acids is 1. The Balaban J connectivity index is 2.01. The van der Waals surface area contributed by atoms with Gasteiger partial charge in [-0.25, -0.2) is 0 Å². The molecule has 1 amide bonds. The Kier molecular flexibility index (Phi) is 6.45. The second kappa shape index (κ2) is 7.72. The van der Waals surface area contributed by atoms with E-state index in [9.17, 15) is 4.79 Å². The molecular formula is C13H25NO. The lowest BCUT2D eigenvalue weighted by Crippen LogP contribution is -2.16. The molecule has 15 heavy (non-hydrogen) atoms. The molecular weight excluding hydrogens is 186 g/mol. The maximum atomic E-state index is 10.0. The number of nitrogens with one attached hydrogen (secondary N) is 1. The summed E-state index contributed by atoms with van der Waals surface area (Å²) in [7, 11) is 0. The quantitative estimate of drug-likeness (QED) is 0.509. The minimum Gasteiger partial charge on any atom is -0.359 e. The Labute approximate surface area is 93.8 Å². The van der Waals surface area contributed by atoms with Crippen molar-refractivity contribution in [3.63, 3.8) is 0 Å². The molecule has 0 spiro atoms. The Morgan fingerprint density at radius 1 is 1.27 bits per heavy atom. The second-order valence-corrected chi connectivity index (χ2v) is 4.94. The van der Waals surface area contributed by atoms with Crippen molar-refractivity contribution in [2.75, 3.05) is 6.54 Å². The van der Waals surface area contributed by atoms with Crippen LogP contribution in [0.2, 0.25) is 0 Å². The first kappa shape index (κ1) is 12.5. The summed E-state index contributed by atoms with van der Waals surface area (Å²) in [5.41, 5.74) is 0. The third-order valence-electron chi connectivity index (χ3n) is 3.77. The first-order valence-electron chi connectivity index (χ1n) is 6.51. The van der Waals surface area contributed by atoms with Gasteiger partial charge in [0, 0.05) is 6.54 Å². The summed E-state index contributed by atoms with van der Waals surface area (Å²) in [5, 5.41) is 2.72. The van der Waals surface area contributed by atoms with Gasteiger partial charge in [0.25, 0.3) is 0 Å². The van der Waals surface area contributed by atoms with Gasteiger partial charge in [0.05, 0.1) is 0 Å². The van der Waals surface area contributed by atoms with Crippen LogP contribution in [0.15, 0.2) is 0 Å². The van der Waals surface area contributed by atoms with Crippen LogP contribution >= 0.6 is 0 Å². The highest BCUT2D eigenvalue weighted by Crippen LogP contribution is 2.32. The maximum Gasteiger partial charge on any atom is 0.207 e. The molecule has 0 radical (unpaired) electrons. The van der Waals surface area contributed by atoms with Crippen molar-refractivity contribution in [2.45, 2.75) is 58.3 Å². The van der Waals surface area contributed by atoms with Crippen LogP contribution in [0.1, 0.15) is 58.3 Å². The monoisotopic (exact) mass is 211 g/mol. The van der Waals surface area contributed by atoms with Crippen LogP contribution in [-0.2, 0) is 4.79 Å². The van der Waals surface area contributed by atoms with Crippen molar-refractivity contribution in [2.24, 2.45) is 11.8 Å². The van der Waals surface area contributed by atoms with E-state index in [2.05, 4.69) is 12.2 Å². The molecule has 0 aromatic carbocycles. The lowest BCUT2D eigenvalue weighted by molar-refractivity contribution is -0.109. The Morgan fingerprint density at radius 3 is 2.67 bits per heavy atom. The molecule has 1 aliphatic carbocycles. The van der Waals surface area contributed by atoms with Gasteiger partial charge < -0.3 is 5.32 Å². The van der Waals surface area contributed by atoms with Crippen molar-refractivity contribution < 1.29 is 4.79 Å². The van der Waals surface area contributed by atoms with E-state index in [-0.39, 0.29) is 0 Å². The van der Waals surface area contributed by atoms with E-state index in [1.54, 1.807) is 0 Å². The van der Waals surface area contributed by atoms with E-state index in [0.717, 1.165) is 31.2 Å².